The van der Waals surface area contributed by atoms with Crippen LogP contribution >= 0.6 is 0 Å². The van der Waals surface area contributed by atoms with Crippen LogP contribution in [0.5, 0.6) is 0 Å². The lowest BCUT2D eigenvalue weighted by atomic mass is 10.1. The van der Waals surface area contributed by atoms with Crippen molar-refractivity contribution >= 4 is 0 Å². The summed E-state index contributed by atoms with van der Waals surface area (Å²) < 4.78 is 0. The number of aryl methyl sites for hydroxylation is 1. The summed E-state index contributed by atoms with van der Waals surface area (Å²) in [4.78, 5) is 9.16. The van der Waals surface area contributed by atoms with Gasteiger partial charge in [0.2, 0.25) is 0 Å². The molecule has 2 heteroatoms. The SMILES string of the molecule is CCc1cccc(-c2ccc(-c3ccccc3)nc2)n1. The van der Waals surface area contributed by atoms with Crippen LogP contribution < -0.4 is 0 Å². The molecule has 0 fully saturated rings. The van der Waals surface area contributed by atoms with E-state index in [1.54, 1.807) is 0 Å². The second kappa shape index (κ2) is 5.66. The summed E-state index contributed by atoms with van der Waals surface area (Å²) in [5.41, 5.74) is 5.27. The maximum absolute atomic E-state index is 4.62. The zero-order valence-corrected chi connectivity index (χ0v) is 11.5. The summed E-state index contributed by atoms with van der Waals surface area (Å²) in [5.74, 6) is 0. The zero-order valence-electron chi connectivity index (χ0n) is 11.5. The molecule has 0 aliphatic rings. The van der Waals surface area contributed by atoms with Gasteiger partial charge in [0.1, 0.15) is 0 Å². The number of nitrogens with zero attached hydrogens (tertiary/aromatic N) is 2. The predicted molar refractivity (Wildman–Crippen MR) is 82.3 cm³/mol. The quantitative estimate of drug-likeness (QED) is 0.698. The number of aromatic nitrogens is 2. The van der Waals surface area contributed by atoms with Gasteiger partial charge in [-0.2, -0.15) is 0 Å². The van der Waals surface area contributed by atoms with E-state index in [4.69, 9.17) is 0 Å². The zero-order chi connectivity index (χ0) is 13.8. The molecule has 0 saturated heterocycles. The van der Waals surface area contributed by atoms with Crippen LogP contribution in [-0.4, -0.2) is 9.97 Å². The first kappa shape index (κ1) is 12.5. The van der Waals surface area contributed by atoms with Crippen LogP contribution in [-0.2, 0) is 6.42 Å². The molecule has 0 bridgehead atoms. The summed E-state index contributed by atoms with van der Waals surface area (Å²) in [5, 5.41) is 0. The first-order chi connectivity index (χ1) is 9.86. The average molecular weight is 260 g/mol. The third-order valence-electron chi connectivity index (χ3n) is 3.30. The minimum atomic E-state index is 0.948. The van der Waals surface area contributed by atoms with Crippen molar-refractivity contribution in [2.75, 3.05) is 0 Å². The fourth-order valence-corrected chi connectivity index (χ4v) is 2.16. The lowest BCUT2D eigenvalue weighted by Crippen LogP contribution is -1.91. The molecule has 0 spiro atoms. The topological polar surface area (TPSA) is 25.8 Å². The molecule has 0 aliphatic heterocycles. The minimum absolute atomic E-state index is 0.948. The van der Waals surface area contributed by atoms with Gasteiger partial charge in [-0.15, -0.1) is 0 Å². The largest absolute Gasteiger partial charge is 0.256 e. The molecule has 20 heavy (non-hydrogen) atoms. The van der Waals surface area contributed by atoms with Crippen LogP contribution in [0.1, 0.15) is 12.6 Å². The Labute approximate surface area is 119 Å². The molecule has 3 aromatic rings. The highest BCUT2D eigenvalue weighted by atomic mass is 14.7. The van der Waals surface area contributed by atoms with E-state index in [2.05, 4.69) is 41.2 Å². The van der Waals surface area contributed by atoms with Gasteiger partial charge in [-0.05, 0) is 30.7 Å². The maximum atomic E-state index is 4.62. The third-order valence-corrected chi connectivity index (χ3v) is 3.30. The Morgan fingerprint density at radius 3 is 2.30 bits per heavy atom. The van der Waals surface area contributed by atoms with Gasteiger partial charge in [0.25, 0.3) is 0 Å². The molecule has 0 unspecified atom stereocenters. The first-order valence-electron chi connectivity index (χ1n) is 6.84. The number of benzene rings is 1. The van der Waals surface area contributed by atoms with Gasteiger partial charge < -0.3 is 0 Å². The molecule has 0 atom stereocenters. The van der Waals surface area contributed by atoms with Crippen LogP contribution in [0.15, 0.2) is 66.9 Å². The van der Waals surface area contributed by atoms with E-state index in [9.17, 15) is 0 Å². The van der Waals surface area contributed by atoms with Crippen molar-refractivity contribution in [1.82, 2.24) is 9.97 Å². The molecule has 0 N–H and O–H groups in total. The Morgan fingerprint density at radius 2 is 1.60 bits per heavy atom. The normalized spacial score (nSPS) is 10.4. The van der Waals surface area contributed by atoms with Crippen molar-refractivity contribution in [2.45, 2.75) is 13.3 Å². The van der Waals surface area contributed by atoms with E-state index in [0.29, 0.717) is 0 Å². The maximum Gasteiger partial charge on any atom is 0.0720 e. The predicted octanol–water partition coefficient (Wildman–Crippen LogP) is 4.37. The molecule has 0 saturated carbocycles. The van der Waals surface area contributed by atoms with E-state index in [1.165, 1.54) is 0 Å². The second-order valence-electron chi connectivity index (χ2n) is 4.67. The van der Waals surface area contributed by atoms with Crippen molar-refractivity contribution in [2.24, 2.45) is 0 Å². The number of pyridine rings is 2. The van der Waals surface area contributed by atoms with Gasteiger partial charge in [-0.3, -0.25) is 9.97 Å². The van der Waals surface area contributed by atoms with Gasteiger partial charge in [0.15, 0.2) is 0 Å². The van der Waals surface area contributed by atoms with Gasteiger partial charge in [0.05, 0.1) is 11.4 Å². The van der Waals surface area contributed by atoms with Crippen molar-refractivity contribution in [3.05, 3.63) is 72.6 Å². The molecule has 2 heterocycles. The number of hydrogen-bond donors (Lipinski definition) is 0. The van der Waals surface area contributed by atoms with Crippen molar-refractivity contribution in [3.8, 4) is 22.5 Å². The lowest BCUT2D eigenvalue weighted by molar-refractivity contribution is 1.04. The molecule has 0 radical (unpaired) electrons. The molecule has 98 valence electrons. The Kier molecular flexibility index (Phi) is 3.55. The van der Waals surface area contributed by atoms with Crippen LogP contribution in [0.4, 0.5) is 0 Å². The van der Waals surface area contributed by atoms with E-state index in [0.717, 1.165) is 34.6 Å². The van der Waals surface area contributed by atoms with Crippen LogP contribution in [0, 0.1) is 0 Å². The van der Waals surface area contributed by atoms with E-state index >= 15 is 0 Å². The molecule has 0 amide bonds. The molecule has 2 aromatic heterocycles. The van der Waals surface area contributed by atoms with Gasteiger partial charge in [-0.25, -0.2) is 0 Å². The minimum Gasteiger partial charge on any atom is -0.256 e. The second-order valence-corrected chi connectivity index (χ2v) is 4.67. The van der Waals surface area contributed by atoms with Gasteiger partial charge in [0, 0.05) is 23.0 Å². The lowest BCUT2D eigenvalue weighted by Gasteiger charge is -2.05. The van der Waals surface area contributed by atoms with Crippen LogP contribution in [0.2, 0.25) is 0 Å². The van der Waals surface area contributed by atoms with Crippen LogP contribution in [0.3, 0.4) is 0 Å². The first-order valence-corrected chi connectivity index (χ1v) is 6.84. The average Bonchev–Trinajstić information content (AvgIpc) is 2.56. The van der Waals surface area contributed by atoms with Gasteiger partial charge in [-0.1, -0.05) is 43.3 Å². The molecular formula is C18H16N2. The van der Waals surface area contributed by atoms with Crippen LogP contribution in [0.25, 0.3) is 22.5 Å². The monoisotopic (exact) mass is 260 g/mol. The Morgan fingerprint density at radius 1 is 0.750 bits per heavy atom. The summed E-state index contributed by atoms with van der Waals surface area (Å²) in [7, 11) is 0. The fourth-order valence-electron chi connectivity index (χ4n) is 2.16. The molecule has 3 rings (SSSR count). The Balaban J connectivity index is 1.93. The molecule has 2 nitrogen and oxygen atoms in total. The summed E-state index contributed by atoms with van der Waals surface area (Å²) in [6.07, 6.45) is 2.84. The summed E-state index contributed by atoms with van der Waals surface area (Å²) in [6, 6.07) is 20.4. The Hall–Kier alpha value is -2.48. The van der Waals surface area contributed by atoms with Crippen molar-refractivity contribution in [3.63, 3.8) is 0 Å². The van der Waals surface area contributed by atoms with Gasteiger partial charge >= 0.3 is 0 Å². The summed E-state index contributed by atoms with van der Waals surface area (Å²) >= 11 is 0. The highest BCUT2D eigenvalue weighted by Crippen LogP contribution is 2.21. The highest BCUT2D eigenvalue weighted by molar-refractivity contribution is 5.64. The Bertz CT molecular complexity index is 688. The summed E-state index contributed by atoms with van der Waals surface area (Å²) in [6.45, 7) is 2.11. The fraction of sp³-hybridized carbons (Fsp3) is 0.111. The molecular weight excluding hydrogens is 244 g/mol. The van der Waals surface area contributed by atoms with E-state index in [-0.39, 0.29) is 0 Å². The van der Waals surface area contributed by atoms with Crippen molar-refractivity contribution in [1.29, 1.82) is 0 Å². The molecule has 0 aliphatic carbocycles. The number of rotatable bonds is 3. The van der Waals surface area contributed by atoms with E-state index < -0.39 is 0 Å². The smallest absolute Gasteiger partial charge is 0.0720 e. The van der Waals surface area contributed by atoms with E-state index in [1.807, 2.05) is 42.6 Å². The van der Waals surface area contributed by atoms with Crippen molar-refractivity contribution < 1.29 is 0 Å². The third kappa shape index (κ3) is 2.59. The molecule has 1 aromatic carbocycles. The number of hydrogen-bond acceptors (Lipinski definition) is 2. The highest BCUT2D eigenvalue weighted by Gasteiger charge is 2.03. The standard InChI is InChI=1S/C18H16N2/c1-2-16-9-6-10-18(20-16)15-11-12-17(19-13-15)14-7-4-3-5-8-14/h3-13H,2H2,1H3.